The van der Waals surface area contributed by atoms with E-state index in [2.05, 4.69) is 5.32 Å². The van der Waals surface area contributed by atoms with Crippen molar-refractivity contribution in [1.82, 2.24) is 5.32 Å². The monoisotopic (exact) mass is 309 g/mol. The van der Waals surface area contributed by atoms with E-state index in [1.807, 2.05) is 6.92 Å². The molecule has 0 spiro atoms. The molecule has 0 aliphatic rings. The second-order valence-corrected chi connectivity index (χ2v) is 5.03. The van der Waals surface area contributed by atoms with Crippen molar-refractivity contribution in [3.8, 4) is 5.75 Å². The largest absolute Gasteiger partial charge is 0.488 e. The summed E-state index contributed by atoms with van der Waals surface area (Å²) in [5.41, 5.74) is 0. The number of nitrogens with one attached hydrogen (secondary N) is 1. The van der Waals surface area contributed by atoms with Gasteiger partial charge in [-0.05, 0) is 18.6 Å². The van der Waals surface area contributed by atoms with Crippen molar-refractivity contribution in [2.24, 2.45) is 0 Å². The van der Waals surface area contributed by atoms with Gasteiger partial charge in [-0.3, -0.25) is 4.79 Å². The second-order valence-electron chi connectivity index (χ2n) is 3.78. The summed E-state index contributed by atoms with van der Waals surface area (Å²) < 4.78 is 5.55. The highest BCUT2D eigenvalue weighted by molar-refractivity contribution is 6.40. The number of ether oxygens (including phenoxy) is 1. The highest BCUT2D eigenvalue weighted by atomic mass is 35.5. The van der Waals surface area contributed by atoms with Crippen LogP contribution in [-0.4, -0.2) is 19.1 Å². The van der Waals surface area contributed by atoms with Gasteiger partial charge in [0.1, 0.15) is 6.61 Å². The lowest BCUT2D eigenvalue weighted by Crippen LogP contribution is -2.33. The van der Waals surface area contributed by atoms with E-state index in [0.29, 0.717) is 33.8 Å². The van der Waals surface area contributed by atoms with Crippen LogP contribution >= 0.6 is 34.8 Å². The number of hydrogen-bond donors (Lipinski definition) is 1. The highest BCUT2D eigenvalue weighted by Gasteiger charge is 2.12. The van der Waals surface area contributed by atoms with E-state index < -0.39 is 0 Å². The SMILES string of the molecule is CCCC(COc1c(Cl)cc(Cl)cc1Cl)NC=O. The highest BCUT2D eigenvalue weighted by Crippen LogP contribution is 2.35. The molecule has 6 heteroatoms. The predicted molar refractivity (Wildman–Crippen MR) is 74.9 cm³/mol. The summed E-state index contributed by atoms with van der Waals surface area (Å²) in [6.07, 6.45) is 2.42. The van der Waals surface area contributed by atoms with Gasteiger partial charge in [0.15, 0.2) is 5.75 Å². The van der Waals surface area contributed by atoms with Gasteiger partial charge < -0.3 is 10.1 Å². The van der Waals surface area contributed by atoms with E-state index in [4.69, 9.17) is 39.5 Å². The zero-order valence-electron chi connectivity index (χ0n) is 9.88. The average Bonchev–Trinajstić information content (AvgIpc) is 2.28. The molecule has 0 aliphatic carbocycles. The number of rotatable bonds is 7. The average molecular weight is 311 g/mol. The van der Waals surface area contributed by atoms with Gasteiger partial charge in [-0.25, -0.2) is 0 Å². The molecule has 1 atom stereocenters. The Hall–Kier alpha value is -0.640. The van der Waals surface area contributed by atoms with Crippen molar-refractivity contribution in [3.63, 3.8) is 0 Å². The number of hydrogen-bond acceptors (Lipinski definition) is 2. The van der Waals surface area contributed by atoms with Crippen LogP contribution in [0.5, 0.6) is 5.75 Å². The molecule has 1 aromatic rings. The summed E-state index contributed by atoms with van der Waals surface area (Å²) >= 11 is 17.8. The van der Waals surface area contributed by atoms with Gasteiger partial charge in [0.2, 0.25) is 6.41 Å². The molecule has 100 valence electrons. The molecule has 1 rings (SSSR count). The lowest BCUT2D eigenvalue weighted by atomic mass is 10.2. The maximum Gasteiger partial charge on any atom is 0.207 e. The van der Waals surface area contributed by atoms with Crippen molar-refractivity contribution < 1.29 is 9.53 Å². The molecule has 3 nitrogen and oxygen atoms in total. The summed E-state index contributed by atoms with van der Waals surface area (Å²) in [5.74, 6) is 0.386. The lowest BCUT2D eigenvalue weighted by molar-refractivity contribution is -0.110. The van der Waals surface area contributed by atoms with Crippen molar-refractivity contribution in [2.75, 3.05) is 6.61 Å². The van der Waals surface area contributed by atoms with E-state index in [9.17, 15) is 4.79 Å². The van der Waals surface area contributed by atoms with Gasteiger partial charge in [-0.15, -0.1) is 0 Å². The smallest absolute Gasteiger partial charge is 0.207 e. The molecule has 0 heterocycles. The number of carbonyl (C=O) groups excluding carboxylic acids is 1. The van der Waals surface area contributed by atoms with Crippen LogP contribution in [0.4, 0.5) is 0 Å². The van der Waals surface area contributed by atoms with E-state index in [0.717, 1.165) is 12.8 Å². The molecule has 1 N–H and O–H groups in total. The molecular weight excluding hydrogens is 296 g/mol. The van der Waals surface area contributed by atoms with E-state index in [-0.39, 0.29) is 6.04 Å². The van der Waals surface area contributed by atoms with Crippen LogP contribution in [-0.2, 0) is 4.79 Å². The van der Waals surface area contributed by atoms with Crippen LogP contribution in [0.2, 0.25) is 15.1 Å². The van der Waals surface area contributed by atoms with Crippen molar-refractivity contribution in [1.29, 1.82) is 0 Å². The third kappa shape index (κ3) is 4.56. The summed E-state index contributed by atoms with van der Waals surface area (Å²) in [6.45, 7) is 2.34. The first-order valence-corrected chi connectivity index (χ1v) is 6.68. The van der Waals surface area contributed by atoms with Crippen molar-refractivity contribution in [2.45, 2.75) is 25.8 Å². The summed E-state index contributed by atoms with van der Waals surface area (Å²) in [6, 6.07) is 3.06. The van der Waals surface area contributed by atoms with Gasteiger partial charge in [-0.2, -0.15) is 0 Å². The van der Waals surface area contributed by atoms with E-state index in [1.54, 1.807) is 12.1 Å². The topological polar surface area (TPSA) is 38.3 Å². The first kappa shape index (κ1) is 15.4. The molecule has 0 saturated carbocycles. The van der Waals surface area contributed by atoms with Gasteiger partial charge in [0, 0.05) is 5.02 Å². The van der Waals surface area contributed by atoms with Crippen molar-refractivity contribution in [3.05, 3.63) is 27.2 Å². The van der Waals surface area contributed by atoms with Crippen LogP contribution < -0.4 is 10.1 Å². The first-order valence-electron chi connectivity index (χ1n) is 5.55. The molecule has 0 aliphatic heterocycles. The number of halogens is 3. The normalized spacial score (nSPS) is 12.0. The van der Waals surface area contributed by atoms with Crippen LogP contribution in [0.15, 0.2) is 12.1 Å². The van der Waals surface area contributed by atoms with E-state index >= 15 is 0 Å². The fourth-order valence-corrected chi connectivity index (χ4v) is 2.44. The van der Waals surface area contributed by atoms with Crippen LogP contribution in [0.3, 0.4) is 0 Å². The Labute approximate surface area is 121 Å². The maximum atomic E-state index is 10.4. The molecule has 1 amide bonds. The quantitative estimate of drug-likeness (QED) is 0.775. The number of carbonyl (C=O) groups is 1. The minimum absolute atomic E-state index is 0.0599. The zero-order valence-corrected chi connectivity index (χ0v) is 12.1. The molecule has 1 unspecified atom stereocenters. The molecule has 1 aromatic carbocycles. The Kier molecular flexibility index (Phi) is 6.61. The third-order valence-corrected chi connectivity index (χ3v) is 3.11. The molecule has 0 saturated heterocycles. The second kappa shape index (κ2) is 7.72. The standard InChI is InChI=1S/C12H14Cl3NO2/c1-2-3-9(16-7-17)6-18-12-10(14)4-8(13)5-11(12)15/h4-5,7,9H,2-3,6H2,1H3,(H,16,17). The molecule has 0 radical (unpaired) electrons. The van der Waals surface area contributed by atoms with Gasteiger partial charge in [0.25, 0.3) is 0 Å². The van der Waals surface area contributed by atoms with Gasteiger partial charge >= 0.3 is 0 Å². The number of amides is 1. The Morgan fingerprint density at radius 2 is 1.94 bits per heavy atom. The lowest BCUT2D eigenvalue weighted by Gasteiger charge is -2.17. The molecule has 0 aromatic heterocycles. The number of benzene rings is 1. The minimum Gasteiger partial charge on any atom is -0.488 e. The van der Waals surface area contributed by atoms with E-state index in [1.165, 1.54) is 0 Å². The minimum atomic E-state index is -0.0599. The van der Waals surface area contributed by atoms with Crippen molar-refractivity contribution >= 4 is 41.2 Å². The van der Waals surface area contributed by atoms with Crippen LogP contribution in [0.1, 0.15) is 19.8 Å². The fourth-order valence-electron chi connectivity index (χ4n) is 1.51. The summed E-state index contributed by atoms with van der Waals surface area (Å²) in [7, 11) is 0. The van der Waals surface area contributed by atoms with Gasteiger partial charge in [-0.1, -0.05) is 48.1 Å². The molecule has 18 heavy (non-hydrogen) atoms. The predicted octanol–water partition coefficient (Wildman–Crippen LogP) is 3.94. The summed E-state index contributed by atoms with van der Waals surface area (Å²) in [5, 5.41) is 3.85. The first-order chi connectivity index (χ1) is 8.58. The third-order valence-electron chi connectivity index (χ3n) is 2.33. The maximum absolute atomic E-state index is 10.4. The Morgan fingerprint density at radius 1 is 1.33 bits per heavy atom. The Morgan fingerprint density at radius 3 is 2.44 bits per heavy atom. The van der Waals surface area contributed by atoms with Crippen LogP contribution in [0, 0.1) is 0 Å². The molecular formula is C12H14Cl3NO2. The van der Waals surface area contributed by atoms with Crippen LogP contribution in [0.25, 0.3) is 0 Å². The zero-order chi connectivity index (χ0) is 13.5. The Bertz CT molecular complexity index is 389. The van der Waals surface area contributed by atoms with Gasteiger partial charge in [0.05, 0.1) is 16.1 Å². The molecule has 0 bridgehead atoms. The Balaban J connectivity index is 2.69. The fraction of sp³-hybridized carbons (Fsp3) is 0.417. The summed E-state index contributed by atoms with van der Waals surface area (Å²) in [4.78, 5) is 10.4. The molecule has 0 fully saturated rings.